The molecule has 0 bridgehead atoms. The van der Waals surface area contributed by atoms with Gasteiger partial charge in [0, 0.05) is 44.9 Å². The van der Waals surface area contributed by atoms with Gasteiger partial charge in [0.05, 0.1) is 10.8 Å². The summed E-state index contributed by atoms with van der Waals surface area (Å²) >= 11 is 16.3. The third-order valence-corrected chi connectivity index (χ3v) is 11.1. The normalized spacial score (nSPS) is 19.3. The second kappa shape index (κ2) is 14.6. The fourth-order valence-corrected chi connectivity index (χ4v) is 8.17. The number of fused-ring (bicyclic) bond motifs is 1. The van der Waals surface area contributed by atoms with Crippen molar-refractivity contribution in [1.82, 2.24) is 10.2 Å². The Kier molecular flexibility index (Phi) is 11.3. The number of carboxylic acids is 2. The Morgan fingerprint density at radius 1 is 1.16 bits per heavy atom. The van der Waals surface area contributed by atoms with E-state index < -0.39 is 34.8 Å². The molecule has 1 unspecified atom stereocenters. The molecule has 3 atom stereocenters. The average molecular weight is 687 g/mol. The van der Waals surface area contributed by atoms with Crippen LogP contribution in [0.3, 0.4) is 0 Å². The van der Waals surface area contributed by atoms with E-state index in [9.17, 15) is 24.3 Å². The minimum absolute atomic E-state index is 0.0221. The summed E-state index contributed by atoms with van der Waals surface area (Å²) in [7, 11) is 0. The van der Waals surface area contributed by atoms with Gasteiger partial charge in [-0.15, -0.1) is 35.3 Å². The van der Waals surface area contributed by atoms with E-state index in [0.717, 1.165) is 17.9 Å². The Morgan fingerprint density at radius 3 is 2.56 bits per heavy atom. The maximum Gasteiger partial charge on any atom is 0.352 e. The number of pyridine rings is 1. The van der Waals surface area contributed by atoms with Crippen LogP contribution < -0.4 is 15.6 Å². The maximum absolute atomic E-state index is 13.0. The molecule has 1 saturated heterocycles. The fourth-order valence-electron chi connectivity index (χ4n) is 4.49. The molecule has 43 heavy (non-hydrogen) atoms. The molecule has 2 aliphatic heterocycles. The van der Waals surface area contributed by atoms with Crippen molar-refractivity contribution in [3.05, 3.63) is 64.0 Å². The molecule has 15 heteroatoms. The Hall–Kier alpha value is -2.42. The van der Waals surface area contributed by atoms with Crippen molar-refractivity contribution in [3.63, 3.8) is 0 Å². The number of benzene rings is 1. The number of hydrogen-bond acceptors (Lipinski definition) is 8. The van der Waals surface area contributed by atoms with Gasteiger partial charge >= 0.3 is 11.9 Å². The topological polar surface area (TPSA) is 154 Å². The molecule has 230 valence electrons. The van der Waals surface area contributed by atoms with Gasteiger partial charge in [-0.2, -0.15) is 0 Å². The highest BCUT2D eigenvalue weighted by Crippen LogP contribution is 2.41. The van der Waals surface area contributed by atoms with E-state index in [2.05, 4.69) is 5.32 Å². The third kappa shape index (κ3) is 8.40. The first-order valence-corrected chi connectivity index (χ1v) is 17.1. The smallest absolute Gasteiger partial charge is 0.352 e. The van der Waals surface area contributed by atoms with Crippen LogP contribution in [0, 0.1) is 0 Å². The number of carbonyl (C=O) groups excluding carboxylic acids is 2. The molecule has 0 radical (unpaired) electrons. The first kappa shape index (κ1) is 33.5. The molecule has 2 aromatic rings. The first-order chi connectivity index (χ1) is 20.4. The van der Waals surface area contributed by atoms with Gasteiger partial charge < -0.3 is 21.3 Å². The predicted octanol–water partition coefficient (Wildman–Crippen LogP) is 3.88. The number of hydrogen-bond donors (Lipinski definition) is 4. The van der Waals surface area contributed by atoms with Crippen molar-refractivity contribution in [1.29, 1.82) is 0 Å². The van der Waals surface area contributed by atoms with Crippen LogP contribution in [0.4, 0.5) is 0 Å². The van der Waals surface area contributed by atoms with E-state index in [1.165, 1.54) is 47.1 Å². The number of carboxylic acid groups (broad SMARTS) is 2. The molecule has 5 N–H and O–H groups in total. The lowest BCUT2D eigenvalue weighted by atomic mass is 9.96. The van der Waals surface area contributed by atoms with E-state index in [1.54, 1.807) is 18.2 Å². The summed E-state index contributed by atoms with van der Waals surface area (Å²) in [4.78, 5) is 51.8. The molecular formula is C28H31Cl2N4O6S3+. The zero-order valence-electron chi connectivity index (χ0n) is 23.1. The maximum atomic E-state index is 13.0. The standard InChI is InChI=1S/C28H30Cl2N4O6S3/c1-28(31,27(39)40)8-2-3-9-33-10-6-18(7-11-33)41-13-16-14-43-25-22(24(36)34(25)23(16)26(37)38)32-21(35)15-42-20-12-17(29)4-5-19(20)30/h4-7,10-12,22,25H,2-3,8-9,13-15,31H2,1H3,(H2-,32,35,37,38,39,40)/p+1/t22-,25+,28?/m0/s1. The summed E-state index contributed by atoms with van der Waals surface area (Å²) in [5.41, 5.74) is 5.17. The number of nitrogens with zero attached hydrogens (tertiary/aromatic N) is 2. The highest BCUT2D eigenvalue weighted by atomic mass is 35.5. The van der Waals surface area contributed by atoms with Gasteiger partial charge in [-0.25, -0.2) is 9.36 Å². The molecule has 10 nitrogen and oxygen atoms in total. The van der Waals surface area contributed by atoms with Crippen molar-refractivity contribution < 1.29 is 34.0 Å². The van der Waals surface area contributed by atoms with Gasteiger partial charge in [0.25, 0.3) is 5.91 Å². The number of aliphatic carboxylic acids is 2. The SMILES string of the molecule is CC(N)(CCCC[n+]1ccc(SCC2=C(C(=O)O)N3C(=O)[C@H](NC(=O)CSc4cc(Cl)ccc4Cl)[C@H]3SC2)cc1)C(=O)O. The average Bonchev–Trinajstić information content (AvgIpc) is 2.97. The lowest BCUT2D eigenvalue weighted by Gasteiger charge is -2.49. The van der Waals surface area contributed by atoms with Crippen molar-refractivity contribution in [3.8, 4) is 0 Å². The van der Waals surface area contributed by atoms with E-state index in [1.807, 2.05) is 29.1 Å². The Bertz CT molecular complexity index is 1440. The van der Waals surface area contributed by atoms with Gasteiger partial charge in [-0.3, -0.25) is 19.3 Å². The summed E-state index contributed by atoms with van der Waals surface area (Å²) in [6.45, 7) is 2.23. The molecule has 3 heterocycles. The molecule has 2 aliphatic rings. The van der Waals surface area contributed by atoms with Gasteiger partial charge in [-0.05, 0) is 43.5 Å². The van der Waals surface area contributed by atoms with E-state index in [0.29, 0.717) is 44.9 Å². The number of halogens is 2. The van der Waals surface area contributed by atoms with Crippen LogP contribution in [0.1, 0.15) is 26.2 Å². The summed E-state index contributed by atoms with van der Waals surface area (Å²) in [6.07, 6.45) is 5.70. The molecule has 1 fully saturated rings. The van der Waals surface area contributed by atoms with Crippen LogP contribution in [0.25, 0.3) is 0 Å². The number of unbranched alkanes of at least 4 members (excludes halogenated alkanes) is 1. The van der Waals surface area contributed by atoms with Crippen LogP contribution in [0.2, 0.25) is 10.0 Å². The number of aromatic nitrogens is 1. The predicted molar refractivity (Wildman–Crippen MR) is 168 cm³/mol. The second-order valence-corrected chi connectivity index (χ2v) is 14.3. The monoisotopic (exact) mass is 685 g/mol. The van der Waals surface area contributed by atoms with Crippen LogP contribution >= 0.6 is 58.5 Å². The number of aryl methyl sites for hydroxylation is 1. The summed E-state index contributed by atoms with van der Waals surface area (Å²) in [5, 5.41) is 22.3. The van der Waals surface area contributed by atoms with Gasteiger partial charge in [-0.1, -0.05) is 23.2 Å². The second-order valence-electron chi connectivity index (χ2n) is 10.3. The minimum Gasteiger partial charge on any atom is -0.480 e. The summed E-state index contributed by atoms with van der Waals surface area (Å²) in [5.74, 6) is -2.14. The van der Waals surface area contributed by atoms with Crippen LogP contribution in [0.15, 0.2) is 63.8 Å². The zero-order valence-corrected chi connectivity index (χ0v) is 27.1. The fraction of sp³-hybridized carbons (Fsp3) is 0.393. The quantitative estimate of drug-likeness (QED) is 0.0997. The van der Waals surface area contributed by atoms with Crippen LogP contribution in [-0.2, 0) is 25.7 Å². The van der Waals surface area contributed by atoms with E-state index in [4.69, 9.17) is 34.0 Å². The third-order valence-electron chi connectivity index (χ3n) is 6.94. The molecule has 1 aromatic carbocycles. The lowest BCUT2D eigenvalue weighted by Crippen LogP contribution is -2.70. The molecule has 1 aromatic heterocycles. The number of nitrogens with one attached hydrogen (secondary N) is 1. The van der Waals surface area contributed by atoms with Gasteiger partial charge in [0.1, 0.15) is 29.2 Å². The number of carbonyl (C=O) groups is 4. The van der Waals surface area contributed by atoms with Crippen molar-refractivity contribution in [2.24, 2.45) is 5.73 Å². The molecular weight excluding hydrogens is 655 g/mol. The van der Waals surface area contributed by atoms with Gasteiger partial charge in [0.2, 0.25) is 5.91 Å². The lowest BCUT2D eigenvalue weighted by molar-refractivity contribution is -0.697. The highest BCUT2D eigenvalue weighted by molar-refractivity contribution is 8.01. The first-order valence-electron chi connectivity index (χ1n) is 13.3. The Balaban J connectivity index is 1.29. The van der Waals surface area contributed by atoms with Crippen molar-refractivity contribution in [2.75, 3.05) is 17.3 Å². The largest absolute Gasteiger partial charge is 0.480 e. The van der Waals surface area contributed by atoms with Crippen molar-refractivity contribution in [2.45, 2.75) is 59.5 Å². The molecule has 0 spiro atoms. The number of β-lactam (4-membered cyclic amide) rings is 1. The summed E-state index contributed by atoms with van der Waals surface area (Å²) in [6, 6.07) is 8.03. The Morgan fingerprint density at radius 2 is 1.88 bits per heavy atom. The number of thioether (sulfide) groups is 3. The number of rotatable bonds is 14. The number of amides is 2. The molecule has 0 saturated carbocycles. The Labute approximate surface area is 271 Å². The molecule has 0 aliphatic carbocycles. The highest BCUT2D eigenvalue weighted by Gasteiger charge is 2.54. The van der Waals surface area contributed by atoms with Crippen LogP contribution in [-0.4, -0.2) is 73.1 Å². The van der Waals surface area contributed by atoms with E-state index >= 15 is 0 Å². The van der Waals surface area contributed by atoms with Gasteiger partial charge in [0.15, 0.2) is 12.4 Å². The van der Waals surface area contributed by atoms with E-state index in [-0.39, 0.29) is 17.4 Å². The summed E-state index contributed by atoms with van der Waals surface area (Å²) < 4.78 is 2.00. The number of nitrogens with two attached hydrogens (primary N) is 1. The van der Waals surface area contributed by atoms with Crippen LogP contribution in [0.5, 0.6) is 0 Å². The molecule has 2 amide bonds. The van der Waals surface area contributed by atoms with Crippen molar-refractivity contribution >= 4 is 82.2 Å². The molecule has 4 rings (SSSR count). The minimum atomic E-state index is -1.23. The zero-order chi connectivity index (χ0) is 31.3.